The molecule has 1 aromatic rings. The summed E-state index contributed by atoms with van der Waals surface area (Å²) in [5, 5.41) is 12.3. The summed E-state index contributed by atoms with van der Waals surface area (Å²) < 4.78 is 5.51. The summed E-state index contributed by atoms with van der Waals surface area (Å²) >= 11 is 0. The zero-order valence-corrected chi connectivity index (χ0v) is 11.5. The highest BCUT2D eigenvalue weighted by molar-refractivity contribution is 5.58. The first-order valence-electron chi connectivity index (χ1n) is 6.46. The first-order valence-corrected chi connectivity index (χ1v) is 6.46. The van der Waals surface area contributed by atoms with Crippen LogP contribution in [-0.2, 0) is 4.74 Å². The number of benzene rings is 1. The lowest BCUT2D eigenvalue weighted by Gasteiger charge is -2.10. The Morgan fingerprint density at radius 2 is 2.17 bits per heavy atom. The predicted octanol–water partition coefficient (Wildman–Crippen LogP) is 3.34. The van der Waals surface area contributed by atoms with Crippen LogP contribution < -0.4 is 5.32 Å². The maximum absolute atomic E-state index is 9.00. The fraction of sp³-hybridized carbons (Fsp3) is 0.533. The van der Waals surface area contributed by atoms with Crippen molar-refractivity contribution in [3.05, 3.63) is 29.3 Å². The Hall–Kier alpha value is -1.53. The molecule has 0 aliphatic heterocycles. The summed E-state index contributed by atoms with van der Waals surface area (Å²) in [7, 11) is 0. The maximum Gasteiger partial charge on any atom is 0.101 e. The summed E-state index contributed by atoms with van der Waals surface area (Å²) in [6, 6.07) is 8.01. The first-order chi connectivity index (χ1) is 8.63. The van der Waals surface area contributed by atoms with E-state index < -0.39 is 0 Å². The van der Waals surface area contributed by atoms with Gasteiger partial charge in [-0.15, -0.1) is 0 Å². The van der Waals surface area contributed by atoms with Gasteiger partial charge in [0.05, 0.1) is 11.3 Å². The summed E-state index contributed by atoms with van der Waals surface area (Å²) in [6.07, 6.45) is 0.950. The van der Waals surface area contributed by atoms with E-state index in [1.165, 1.54) is 0 Å². The van der Waals surface area contributed by atoms with Crippen LogP contribution >= 0.6 is 0 Å². The molecule has 1 aromatic carbocycles. The van der Waals surface area contributed by atoms with Crippen molar-refractivity contribution in [2.75, 3.05) is 25.1 Å². The number of nitrogens with one attached hydrogen (secondary N) is 1. The number of hydrogen-bond donors (Lipinski definition) is 1. The number of nitrogens with zero attached hydrogens (tertiary/aromatic N) is 1. The zero-order chi connectivity index (χ0) is 13.4. The third-order valence-electron chi connectivity index (χ3n) is 2.53. The fourth-order valence-corrected chi connectivity index (χ4v) is 1.62. The molecule has 0 heterocycles. The van der Waals surface area contributed by atoms with Gasteiger partial charge in [0.15, 0.2) is 0 Å². The molecule has 18 heavy (non-hydrogen) atoms. The monoisotopic (exact) mass is 246 g/mol. The van der Waals surface area contributed by atoms with Crippen molar-refractivity contribution in [3.63, 3.8) is 0 Å². The third kappa shape index (κ3) is 5.20. The lowest BCUT2D eigenvalue weighted by molar-refractivity contribution is 0.110. The Labute approximate surface area is 110 Å². The van der Waals surface area contributed by atoms with Crippen LogP contribution in [0.15, 0.2) is 18.2 Å². The highest BCUT2D eigenvalue weighted by Gasteiger charge is 2.01. The smallest absolute Gasteiger partial charge is 0.101 e. The quantitative estimate of drug-likeness (QED) is 0.750. The molecule has 0 radical (unpaired) electrons. The average Bonchev–Trinajstić information content (AvgIpc) is 2.33. The second kappa shape index (κ2) is 7.73. The molecule has 0 aliphatic rings. The van der Waals surface area contributed by atoms with E-state index in [1.54, 1.807) is 0 Å². The van der Waals surface area contributed by atoms with E-state index in [2.05, 4.69) is 25.2 Å². The van der Waals surface area contributed by atoms with Crippen molar-refractivity contribution in [1.29, 1.82) is 5.26 Å². The van der Waals surface area contributed by atoms with E-state index >= 15 is 0 Å². The van der Waals surface area contributed by atoms with Gasteiger partial charge in [0.25, 0.3) is 0 Å². The Balaban J connectivity index is 2.31. The molecule has 0 fully saturated rings. The number of nitriles is 1. The summed E-state index contributed by atoms with van der Waals surface area (Å²) in [6.45, 7) is 8.72. The van der Waals surface area contributed by atoms with Gasteiger partial charge < -0.3 is 10.1 Å². The Morgan fingerprint density at radius 3 is 2.83 bits per heavy atom. The SMILES string of the molecule is Cc1ccc(C#N)c(NCCCOCC(C)C)c1. The second-order valence-electron chi connectivity index (χ2n) is 4.91. The summed E-state index contributed by atoms with van der Waals surface area (Å²) in [4.78, 5) is 0. The first kappa shape index (κ1) is 14.5. The van der Waals surface area contributed by atoms with Gasteiger partial charge in [-0.2, -0.15) is 5.26 Å². The standard InChI is InChI=1S/C15H22N2O/c1-12(2)11-18-8-4-7-17-15-9-13(3)5-6-14(15)10-16/h5-6,9,12,17H,4,7-8,11H2,1-3H3. The van der Waals surface area contributed by atoms with Gasteiger partial charge in [-0.3, -0.25) is 0 Å². The molecule has 0 saturated heterocycles. The van der Waals surface area contributed by atoms with E-state index in [9.17, 15) is 0 Å². The minimum atomic E-state index is 0.583. The van der Waals surface area contributed by atoms with Crippen LogP contribution in [0.3, 0.4) is 0 Å². The number of rotatable bonds is 7. The van der Waals surface area contributed by atoms with Crippen molar-refractivity contribution < 1.29 is 4.74 Å². The molecular formula is C15H22N2O. The largest absolute Gasteiger partial charge is 0.384 e. The average molecular weight is 246 g/mol. The molecular weight excluding hydrogens is 224 g/mol. The van der Waals surface area contributed by atoms with E-state index in [1.807, 2.05) is 25.1 Å². The molecule has 0 atom stereocenters. The van der Waals surface area contributed by atoms with Crippen LogP contribution in [0.2, 0.25) is 0 Å². The fourth-order valence-electron chi connectivity index (χ4n) is 1.62. The number of ether oxygens (including phenoxy) is 1. The lowest BCUT2D eigenvalue weighted by atomic mass is 10.1. The van der Waals surface area contributed by atoms with Crippen LogP contribution in [0.4, 0.5) is 5.69 Å². The number of aryl methyl sites for hydroxylation is 1. The molecule has 0 saturated carbocycles. The van der Waals surface area contributed by atoms with E-state index in [0.29, 0.717) is 11.5 Å². The molecule has 0 bridgehead atoms. The summed E-state index contributed by atoms with van der Waals surface area (Å²) in [5.74, 6) is 0.583. The second-order valence-corrected chi connectivity index (χ2v) is 4.91. The van der Waals surface area contributed by atoms with Gasteiger partial charge in [-0.1, -0.05) is 19.9 Å². The molecule has 0 amide bonds. The molecule has 3 heteroatoms. The van der Waals surface area contributed by atoms with Gasteiger partial charge in [0, 0.05) is 19.8 Å². The van der Waals surface area contributed by atoms with Crippen LogP contribution in [0.1, 0.15) is 31.4 Å². The van der Waals surface area contributed by atoms with E-state index in [-0.39, 0.29) is 0 Å². The maximum atomic E-state index is 9.00. The van der Waals surface area contributed by atoms with Crippen molar-refractivity contribution >= 4 is 5.69 Å². The molecule has 3 nitrogen and oxygen atoms in total. The summed E-state index contributed by atoms with van der Waals surface area (Å²) in [5.41, 5.74) is 2.78. The molecule has 98 valence electrons. The van der Waals surface area contributed by atoms with Crippen LogP contribution in [-0.4, -0.2) is 19.8 Å². The topological polar surface area (TPSA) is 45.0 Å². The molecule has 1 N–H and O–H groups in total. The Morgan fingerprint density at radius 1 is 1.39 bits per heavy atom. The Bertz CT molecular complexity index is 407. The van der Waals surface area contributed by atoms with Crippen LogP contribution in [0.5, 0.6) is 0 Å². The van der Waals surface area contributed by atoms with Gasteiger partial charge in [0.2, 0.25) is 0 Å². The van der Waals surface area contributed by atoms with Crippen molar-refractivity contribution in [2.24, 2.45) is 5.92 Å². The van der Waals surface area contributed by atoms with Crippen molar-refractivity contribution in [2.45, 2.75) is 27.2 Å². The predicted molar refractivity (Wildman–Crippen MR) is 74.7 cm³/mol. The number of anilines is 1. The zero-order valence-electron chi connectivity index (χ0n) is 11.5. The highest BCUT2D eigenvalue weighted by Crippen LogP contribution is 2.16. The van der Waals surface area contributed by atoms with Crippen LogP contribution in [0, 0.1) is 24.2 Å². The Kier molecular flexibility index (Phi) is 6.24. The molecule has 0 aliphatic carbocycles. The lowest BCUT2D eigenvalue weighted by Crippen LogP contribution is -2.09. The van der Waals surface area contributed by atoms with Gasteiger partial charge in [-0.25, -0.2) is 0 Å². The van der Waals surface area contributed by atoms with Crippen LogP contribution in [0.25, 0.3) is 0 Å². The van der Waals surface area contributed by atoms with E-state index in [0.717, 1.165) is 37.4 Å². The van der Waals surface area contributed by atoms with Gasteiger partial charge in [-0.05, 0) is 37.0 Å². The van der Waals surface area contributed by atoms with Crippen molar-refractivity contribution in [3.8, 4) is 6.07 Å². The minimum absolute atomic E-state index is 0.583. The normalized spacial score (nSPS) is 10.4. The van der Waals surface area contributed by atoms with E-state index in [4.69, 9.17) is 10.00 Å². The van der Waals surface area contributed by atoms with Gasteiger partial charge >= 0.3 is 0 Å². The van der Waals surface area contributed by atoms with Crippen molar-refractivity contribution in [1.82, 2.24) is 0 Å². The molecule has 0 unspecified atom stereocenters. The third-order valence-corrected chi connectivity index (χ3v) is 2.53. The highest BCUT2D eigenvalue weighted by atomic mass is 16.5. The minimum Gasteiger partial charge on any atom is -0.384 e. The molecule has 1 rings (SSSR count). The van der Waals surface area contributed by atoms with Gasteiger partial charge in [0.1, 0.15) is 6.07 Å². The molecule has 0 spiro atoms. The number of hydrogen-bond acceptors (Lipinski definition) is 3. The molecule has 0 aromatic heterocycles.